The summed E-state index contributed by atoms with van der Waals surface area (Å²) < 4.78 is 4.37. The van der Waals surface area contributed by atoms with Gasteiger partial charge < -0.3 is 14.9 Å². The molecule has 4 nitrogen and oxygen atoms in total. The lowest BCUT2D eigenvalue weighted by molar-refractivity contribution is -0.202. The number of aliphatic hydroxyl groups is 2. The maximum Gasteiger partial charge on any atom is 0.337 e. The summed E-state index contributed by atoms with van der Waals surface area (Å²) >= 11 is 0. The molecule has 4 heteroatoms. The Balaban J connectivity index is 3.81. The van der Waals surface area contributed by atoms with Gasteiger partial charge in [-0.15, -0.1) is 0 Å². The molecule has 0 saturated heterocycles. The normalized spacial score (nSPS) is 14.5. The smallest absolute Gasteiger partial charge is 0.337 e. The molecule has 1 atom stereocenters. The summed E-state index contributed by atoms with van der Waals surface area (Å²) in [5.41, 5.74) is 0. The summed E-state index contributed by atoms with van der Waals surface area (Å²) in [5, 5.41) is 17.5. The van der Waals surface area contributed by atoms with Crippen LogP contribution in [0.1, 0.15) is 20.8 Å². The van der Waals surface area contributed by atoms with Gasteiger partial charge in [-0.25, -0.2) is 4.79 Å². The molecule has 0 radical (unpaired) electrons. The first-order valence-electron chi connectivity index (χ1n) is 2.96. The lowest BCUT2D eigenvalue weighted by atomic mass is 10.3. The third kappa shape index (κ3) is 4.29. The summed E-state index contributed by atoms with van der Waals surface area (Å²) in [5.74, 6) is -2.33. The number of ether oxygens (including phenoxy) is 1. The maximum absolute atomic E-state index is 10.5. The van der Waals surface area contributed by atoms with E-state index in [1.54, 1.807) is 0 Å². The van der Waals surface area contributed by atoms with E-state index in [-0.39, 0.29) is 0 Å². The molecule has 60 valence electrons. The predicted molar refractivity (Wildman–Crippen MR) is 34.1 cm³/mol. The second-order valence-electron chi connectivity index (χ2n) is 2.54. The SMILES string of the molecule is CC(O)C(=O)OC(C)(C)O. The molecule has 1 unspecified atom stereocenters. The zero-order chi connectivity index (χ0) is 8.36. The summed E-state index contributed by atoms with van der Waals surface area (Å²) in [6, 6.07) is 0. The third-order valence-corrected chi connectivity index (χ3v) is 0.691. The van der Waals surface area contributed by atoms with Crippen molar-refractivity contribution in [1.29, 1.82) is 0 Å². The minimum Gasteiger partial charge on any atom is -0.432 e. The number of carbonyl (C=O) groups excluding carboxylic acids is 1. The Morgan fingerprint density at radius 1 is 1.60 bits per heavy atom. The fourth-order valence-electron chi connectivity index (χ4n) is 0.331. The zero-order valence-electron chi connectivity index (χ0n) is 6.29. The zero-order valence-corrected chi connectivity index (χ0v) is 6.29. The summed E-state index contributed by atoms with van der Waals surface area (Å²) in [7, 11) is 0. The molecular weight excluding hydrogens is 136 g/mol. The van der Waals surface area contributed by atoms with Crippen LogP contribution in [0.4, 0.5) is 0 Å². The van der Waals surface area contributed by atoms with E-state index in [9.17, 15) is 4.79 Å². The van der Waals surface area contributed by atoms with Crippen molar-refractivity contribution in [3.05, 3.63) is 0 Å². The van der Waals surface area contributed by atoms with Crippen molar-refractivity contribution in [1.82, 2.24) is 0 Å². The number of aliphatic hydroxyl groups excluding tert-OH is 1. The molecule has 0 bridgehead atoms. The highest BCUT2D eigenvalue weighted by Gasteiger charge is 2.21. The predicted octanol–water partition coefficient (Wildman–Crippen LogP) is -0.361. The standard InChI is InChI=1S/C6H12O4/c1-4(7)5(8)10-6(2,3)9/h4,7,9H,1-3H3. The van der Waals surface area contributed by atoms with Crippen LogP contribution in [0.15, 0.2) is 0 Å². The Kier molecular flexibility index (Phi) is 2.80. The molecule has 0 aliphatic rings. The van der Waals surface area contributed by atoms with Gasteiger partial charge in [-0.2, -0.15) is 0 Å². The minimum absolute atomic E-state index is 0.826. The van der Waals surface area contributed by atoms with Crippen molar-refractivity contribution in [2.75, 3.05) is 0 Å². The van der Waals surface area contributed by atoms with E-state index < -0.39 is 17.9 Å². The highest BCUT2D eigenvalue weighted by Crippen LogP contribution is 2.04. The molecule has 0 saturated carbocycles. The number of rotatable bonds is 2. The van der Waals surface area contributed by atoms with Gasteiger partial charge in [0.15, 0.2) is 0 Å². The number of carbonyl (C=O) groups is 1. The Hall–Kier alpha value is -0.610. The van der Waals surface area contributed by atoms with Gasteiger partial charge >= 0.3 is 5.97 Å². The van der Waals surface area contributed by atoms with E-state index in [0.717, 1.165) is 0 Å². The van der Waals surface area contributed by atoms with Crippen molar-refractivity contribution in [3.63, 3.8) is 0 Å². The van der Waals surface area contributed by atoms with Crippen molar-refractivity contribution in [3.8, 4) is 0 Å². The summed E-state index contributed by atoms with van der Waals surface area (Å²) in [6.45, 7) is 3.90. The van der Waals surface area contributed by atoms with Gasteiger partial charge in [0.1, 0.15) is 6.10 Å². The van der Waals surface area contributed by atoms with E-state index in [1.807, 2.05) is 0 Å². The largest absolute Gasteiger partial charge is 0.432 e. The van der Waals surface area contributed by atoms with Crippen LogP contribution >= 0.6 is 0 Å². The van der Waals surface area contributed by atoms with E-state index in [4.69, 9.17) is 10.2 Å². The van der Waals surface area contributed by atoms with E-state index in [1.165, 1.54) is 20.8 Å². The van der Waals surface area contributed by atoms with Crippen LogP contribution in [0, 0.1) is 0 Å². The molecule has 0 rings (SSSR count). The van der Waals surface area contributed by atoms with E-state index in [0.29, 0.717) is 0 Å². The molecule has 0 fully saturated rings. The van der Waals surface area contributed by atoms with Crippen LogP contribution in [-0.4, -0.2) is 28.1 Å². The van der Waals surface area contributed by atoms with Gasteiger partial charge in [-0.05, 0) is 6.92 Å². The van der Waals surface area contributed by atoms with Crippen LogP contribution in [0.3, 0.4) is 0 Å². The molecule has 0 heterocycles. The van der Waals surface area contributed by atoms with E-state index >= 15 is 0 Å². The van der Waals surface area contributed by atoms with Crippen LogP contribution < -0.4 is 0 Å². The molecule has 0 aromatic carbocycles. The van der Waals surface area contributed by atoms with Gasteiger partial charge in [0.25, 0.3) is 0 Å². The molecular formula is C6H12O4. The molecule has 2 N–H and O–H groups in total. The highest BCUT2D eigenvalue weighted by molar-refractivity contribution is 5.74. The second-order valence-corrected chi connectivity index (χ2v) is 2.54. The molecule has 0 spiro atoms. The average molecular weight is 148 g/mol. The molecule has 0 amide bonds. The van der Waals surface area contributed by atoms with Crippen molar-refractivity contribution >= 4 is 5.97 Å². The lowest BCUT2D eigenvalue weighted by Gasteiger charge is -2.18. The summed E-state index contributed by atoms with van der Waals surface area (Å²) in [6.07, 6.45) is -1.19. The first kappa shape index (κ1) is 9.39. The monoisotopic (exact) mass is 148 g/mol. The first-order valence-corrected chi connectivity index (χ1v) is 2.96. The number of esters is 1. The van der Waals surface area contributed by atoms with Crippen LogP contribution in [0.2, 0.25) is 0 Å². The van der Waals surface area contributed by atoms with Crippen LogP contribution in [0.25, 0.3) is 0 Å². The van der Waals surface area contributed by atoms with Crippen LogP contribution in [0.5, 0.6) is 0 Å². The fourth-order valence-corrected chi connectivity index (χ4v) is 0.331. The topological polar surface area (TPSA) is 66.8 Å². The molecule has 0 aromatic heterocycles. The lowest BCUT2D eigenvalue weighted by Crippen LogP contribution is -2.32. The Labute approximate surface area is 59.4 Å². The van der Waals surface area contributed by atoms with Gasteiger partial charge in [0, 0.05) is 13.8 Å². The fraction of sp³-hybridized carbons (Fsp3) is 0.833. The molecule has 0 aromatic rings. The van der Waals surface area contributed by atoms with Crippen molar-refractivity contribution in [2.45, 2.75) is 32.7 Å². The van der Waals surface area contributed by atoms with E-state index in [2.05, 4.69) is 4.74 Å². The number of hydrogen-bond acceptors (Lipinski definition) is 4. The first-order chi connectivity index (χ1) is 4.33. The summed E-state index contributed by atoms with van der Waals surface area (Å²) in [4.78, 5) is 10.5. The number of hydrogen-bond donors (Lipinski definition) is 2. The van der Waals surface area contributed by atoms with Crippen molar-refractivity contribution in [2.24, 2.45) is 0 Å². The van der Waals surface area contributed by atoms with Gasteiger partial charge in [0.2, 0.25) is 5.79 Å². The Morgan fingerprint density at radius 2 is 2.00 bits per heavy atom. The van der Waals surface area contributed by atoms with Gasteiger partial charge in [0.05, 0.1) is 0 Å². The minimum atomic E-state index is -1.51. The molecule has 0 aliphatic heterocycles. The Morgan fingerprint density at radius 3 is 2.10 bits per heavy atom. The molecule has 10 heavy (non-hydrogen) atoms. The third-order valence-electron chi connectivity index (χ3n) is 0.691. The second kappa shape index (κ2) is 2.98. The van der Waals surface area contributed by atoms with Crippen LogP contribution in [-0.2, 0) is 9.53 Å². The quantitative estimate of drug-likeness (QED) is 0.414. The maximum atomic E-state index is 10.5. The molecule has 0 aliphatic carbocycles. The highest BCUT2D eigenvalue weighted by atomic mass is 16.7. The van der Waals surface area contributed by atoms with Gasteiger partial charge in [-0.3, -0.25) is 0 Å². The van der Waals surface area contributed by atoms with Gasteiger partial charge in [-0.1, -0.05) is 0 Å². The average Bonchev–Trinajstić information content (AvgIpc) is 1.60. The Bertz CT molecular complexity index is 122. The van der Waals surface area contributed by atoms with Crippen molar-refractivity contribution < 1.29 is 19.7 Å².